The Balaban J connectivity index is 4.58. The first-order chi connectivity index (χ1) is 5.81. The van der Waals surface area contributed by atoms with Crippen LogP contribution in [0.1, 0.15) is 6.92 Å². The van der Waals surface area contributed by atoms with Crippen LogP contribution in [0, 0.1) is 0 Å². The number of halogens is 5. The maximum absolute atomic E-state index is 12.3. The second-order valence-electron chi connectivity index (χ2n) is 2.15. The number of rotatable bonds is 4. The highest BCUT2D eigenvalue weighted by atomic mass is 19.3. The van der Waals surface area contributed by atoms with Gasteiger partial charge in [0.25, 0.3) is 5.83 Å². The second-order valence-corrected chi connectivity index (χ2v) is 2.15. The zero-order valence-electron chi connectivity index (χ0n) is 6.66. The van der Waals surface area contributed by atoms with Crippen LogP contribution in [0.2, 0.25) is 0 Å². The molecule has 0 spiro atoms. The third kappa shape index (κ3) is 3.54. The zero-order chi connectivity index (χ0) is 10.6. The Kier molecular flexibility index (Phi) is 4.06. The monoisotopic (exact) mass is 202 g/mol. The third-order valence-corrected chi connectivity index (χ3v) is 1.09. The molecule has 1 atom stereocenters. The van der Waals surface area contributed by atoms with Crippen LogP contribution < -0.4 is 0 Å². The van der Waals surface area contributed by atoms with Crippen LogP contribution in [-0.2, 0) is 4.74 Å². The first-order valence-corrected chi connectivity index (χ1v) is 3.20. The van der Waals surface area contributed by atoms with Crippen molar-refractivity contribution in [1.29, 1.82) is 0 Å². The number of alkyl halides is 2. The van der Waals surface area contributed by atoms with Crippen molar-refractivity contribution < 1.29 is 26.7 Å². The molecule has 0 bridgehead atoms. The summed E-state index contributed by atoms with van der Waals surface area (Å²) < 4.78 is 63.1. The van der Waals surface area contributed by atoms with E-state index in [4.69, 9.17) is 0 Å². The van der Waals surface area contributed by atoms with E-state index >= 15 is 0 Å². The Morgan fingerprint density at radius 1 is 1.38 bits per heavy atom. The lowest BCUT2D eigenvalue weighted by molar-refractivity contribution is -0.235. The van der Waals surface area contributed by atoms with Gasteiger partial charge in [-0.2, -0.15) is 22.0 Å². The Morgan fingerprint density at radius 3 is 2.15 bits per heavy atom. The van der Waals surface area contributed by atoms with Crippen molar-refractivity contribution in [3.05, 3.63) is 24.6 Å². The predicted octanol–water partition coefficient (Wildman–Crippen LogP) is 3.25. The molecule has 0 aliphatic heterocycles. The van der Waals surface area contributed by atoms with Gasteiger partial charge in [0.2, 0.25) is 0 Å². The fourth-order valence-electron chi connectivity index (χ4n) is 0.443. The minimum Gasteiger partial charge on any atom is -0.307 e. The van der Waals surface area contributed by atoms with Crippen LogP contribution in [0.5, 0.6) is 0 Å². The van der Waals surface area contributed by atoms with Gasteiger partial charge in [-0.05, 0) is 6.92 Å². The summed E-state index contributed by atoms with van der Waals surface area (Å²) in [4.78, 5) is 0. The van der Waals surface area contributed by atoms with E-state index in [-0.39, 0.29) is 0 Å². The smallest absolute Gasteiger partial charge is 0.307 e. The minimum atomic E-state index is -4.60. The lowest BCUT2D eigenvalue weighted by atomic mass is 10.4. The minimum absolute atomic E-state index is 0.928. The van der Waals surface area contributed by atoms with E-state index < -0.39 is 24.1 Å². The summed E-state index contributed by atoms with van der Waals surface area (Å²) in [5, 5.41) is 0. The molecule has 0 N–H and O–H groups in total. The molecule has 6 heteroatoms. The fourth-order valence-corrected chi connectivity index (χ4v) is 0.443. The molecule has 0 aromatic carbocycles. The number of hydrogen-bond acceptors (Lipinski definition) is 1. The summed E-state index contributed by atoms with van der Waals surface area (Å²) in [5.74, 6) is -2.87. The van der Waals surface area contributed by atoms with Gasteiger partial charge in [-0.3, -0.25) is 0 Å². The van der Waals surface area contributed by atoms with Gasteiger partial charge >= 0.3 is 12.2 Å². The molecule has 0 aliphatic rings. The molecule has 1 nitrogen and oxygen atoms in total. The first-order valence-electron chi connectivity index (χ1n) is 3.20. The van der Waals surface area contributed by atoms with Gasteiger partial charge in [0.15, 0.2) is 0 Å². The SMILES string of the molecule is C=CC(C)OC(F)(F)C(F)=C(F)F. The molecule has 0 aromatic heterocycles. The van der Waals surface area contributed by atoms with E-state index in [2.05, 4.69) is 11.3 Å². The van der Waals surface area contributed by atoms with Crippen molar-refractivity contribution >= 4 is 0 Å². The molecule has 13 heavy (non-hydrogen) atoms. The molecular formula is C7H7F5O. The van der Waals surface area contributed by atoms with Crippen LogP contribution in [0.25, 0.3) is 0 Å². The maximum Gasteiger partial charge on any atom is 0.415 e. The van der Waals surface area contributed by atoms with Crippen LogP contribution in [0.15, 0.2) is 24.6 Å². The topological polar surface area (TPSA) is 9.23 Å². The molecule has 0 saturated heterocycles. The molecule has 0 aromatic rings. The summed E-state index contributed by atoms with van der Waals surface area (Å²) in [5.41, 5.74) is 0. The largest absolute Gasteiger partial charge is 0.415 e. The van der Waals surface area contributed by atoms with Gasteiger partial charge in [-0.1, -0.05) is 6.08 Å². The average molecular weight is 202 g/mol. The standard InChI is InChI=1S/C7H7F5O/c1-3-4(2)13-7(11,12)5(8)6(9)10/h3-4H,1H2,2H3. The van der Waals surface area contributed by atoms with E-state index in [0.717, 1.165) is 13.0 Å². The van der Waals surface area contributed by atoms with Gasteiger partial charge in [0.1, 0.15) is 0 Å². The third-order valence-electron chi connectivity index (χ3n) is 1.09. The van der Waals surface area contributed by atoms with E-state index in [1.165, 1.54) is 0 Å². The summed E-state index contributed by atoms with van der Waals surface area (Å²) in [6, 6.07) is 0. The van der Waals surface area contributed by atoms with E-state index in [9.17, 15) is 22.0 Å². The lowest BCUT2D eigenvalue weighted by Crippen LogP contribution is -2.26. The molecule has 1 unspecified atom stereocenters. The molecule has 0 aliphatic carbocycles. The molecule has 0 saturated carbocycles. The maximum atomic E-state index is 12.3. The quantitative estimate of drug-likeness (QED) is 0.502. The Hall–Kier alpha value is -0.910. The van der Waals surface area contributed by atoms with Crippen molar-refractivity contribution in [2.75, 3.05) is 0 Å². The van der Waals surface area contributed by atoms with Gasteiger partial charge < -0.3 is 4.74 Å². The highest BCUT2D eigenvalue weighted by Crippen LogP contribution is 2.31. The van der Waals surface area contributed by atoms with Gasteiger partial charge in [0.05, 0.1) is 6.10 Å². The van der Waals surface area contributed by atoms with Crippen molar-refractivity contribution in [3.8, 4) is 0 Å². The zero-order valence-corrected chi connectivity index (χ0v) is 6.66. The summed E-state index contributed by atoms with van der Waals surface area (Å²) in [6.07, 6.45) is -8.00. The second kappa shape index (κ2) is 4.36. The normalized spacial score (nSPS) is 13.7. The Labute approximate surface area is 71.5 Å². The first kappa shape index (κ1) is 12.1. The molecule has 0 fully saturated rings. The van der Waals surface area contributed by atoms with Crippen molar-refractivity contribution in [2.24, 2.45) is 0 Å². The average Bonchev–Trinajstić information content (AvgIpc) is 2.01. The highest BCUT2D eigenvalue weighted by Gasteiger charge is 2.41. The van der Waals surface area contributed by atoms with Crippen LogP contribution in [0.4, 0.5) is 22.0 Å². The van der Waals surface area contributed by atoms with Crippen molar-refractivity contribution in [3.63, 3.8) is 0 Å². The Morgan fingerprint density at radius 2 is 1.85 bits per heavy atom. The van der Waals surface area contributed by atoms with Crippen LogP contribution >= 0.6 is 0 Å². The van der Waals surface area contributed by atoms with Gasteiger partial charge in [-0.25, -0.2) is 0 Å². The molecule has 0 amide bonds. The van der Waals surface area contributed by atoms with Crippen LogP contribution in [0.3, 0.4) is 0 Å². The summed E-state index contributed by atoms with van der Waals surface area (Å²) in [6.45, 7) is 4.18. The fraction of sp³-hybridized carbons (Fsp3) is 0.429. The van der Waals surface area contributed by atoms with E-state index in [0.29, 0.717) is 0 Å². The molecule has 0 radical (unpaired) electrons. The number of ether oxygens (including phenoxy) is 1. The Bertz CT molecular complexity index is 219. The summed E-state index contributed by atoms with van der Waals surface area (Å²) in [7, 11) is 0. The van der Waals surface area contributed by atoms with Gasteiger partial charge in [0, 0.05) is 0 Å². The molecule has 76 valence electrons. The van der Waals surface area contributed by atoms with Crippen molar-refractivity contribution in [2.45, 2.75) is 19.1 Å². The molecular weight excluding hydrogens is 195 g/mol. The molecule has 0 heterocycles. The predicted molar refractivity (Wildman–Crippen MR) is 36.0 cm³/mol. The van der Waals surface area contributed by atoms with E-state index in [1.807, 2.05) is 0 Å². The van der Waals surface area contributed by atoms with Crippen LogP contribution in [-0.4, -0.2) is 12.2 Å². The van der Waals surface area contributed by atoms with E-state index in [1.54, 1.807) is 0 Å². The lowest BCUT2D eigenvalue weighted by Gasteiger charge is -2.17. The molecule has 0 rings (SSSR count). The highest BCUT2D eigenvalue weighted by molar-refractivity contribution is 5.00. The summed E-state index contributed by atoms with van der Waals surface area (Å²) >= 11 is 0. The number of hydrogen-bond donors (Lipinski definition) is 0. The van der Waals surface area contributed by atoms with Gasteiger partial charge in [-0.15, -0.1) is 6.58 Å². The van der Waals surface area contributed by atoms with Crippen molar-refractivity contribution in [1.82, 2.24) is 0 Å².